The Kier molecular flexibility index (Phi) is 1.51. The average molecular weight is 155 g/mol. The first-order valence-corrected chi connectivity index (χ1v) is 3.39. The van der Waals surface area contributed by atoms with Gasteiger partial charge in [0.25, 0.3) is 0 Å². The quantitative estimate of drug-likeness (QED) is 0.511. The van der Waals surface area contributed by atoms with Crippen LogP contribution in [0.1, 0.15) is 26.6 Å². The molecule has 4 N–H and O–H groups in total. The van der Waals surface area contributed by atoms with Crippen LogP contribution in [0.4, 0.5) is 5.95 Å². The van der Waals surface area contributed by atoms with Gasteiger partial charge in [0.2, 0.25) is 5.95 Å². The van der Waals surface area contributed by atoms with Crippen molar-refractivity contribution in [3.8, 4) is 0 Å². The van der Waals surface area contributed by atoms with E-state index in [1.54, 1.807) is 0 Å². The molecular formula is C6H13N5. The Hall–Kier alpha value is -1.26. The van der Waals surface area contributed by atoms with Crippen molar-refractivity contribution in [1.29, 1.82) is 0 Å². The van der Waals surface area contributed by atoms with E-state index in [9.17, 15) is 0 Å². The zero-order valence-corrected chi connectivity index (χ0v) is 7.00. The third-order valence-electron chi connectivity index (χ3n) is 1.39. The Morgan fingerprint density at radius 1 is 1.27 bits per heavy atom. The maximum Gasteiger partial charge on any atom is 0.240 e. The average Bonchev–Trinajstić information content (AvgIpc) is 2.11. The van der Waals surface area contributed by atoms with Gasteiger partial charge < -0.3 is 11.6 Å². The molecule has 1 heterocycles. The molecule has 0 radical (unpaired) electrons. The summed E-state index contributed by atoms with van der Waals surface area (Å²) in [5.74, 6) is 6.49. The van der Waals surface area contributed by atoms with Crippen LogP contribution in [0.2, 0.25) is 0 Å². The number of anilines is 1. The molecule has 0 saturated carbocycles. The van der Waals surface area contributed by atoms with E-state index in [4.69, 9.17) is 11.6 Å². The lowest BCUT2D eigenvalue weighted by atomic mass is 9.96. The van der Waals surface area contributed by atoms with Crippen molar-refractivity contribution < 1.29 is 0 Å². The number of nitrogens with two attached hydrogens (primary N) is 2. The van der Waals surface area contributed by atoms with Gasteiger partial charge in [-0.05, 0) is 0 Å². The fraction of sp³-hybridized carbons (Fsp3) is 0.667. The monoisotopic (exact) mass is 155 g/mol. The fourth-order valence-electron chi connectivity index (χ4n) is 0.815. The van der Waals surface area contributed by atoms with Crippen LogP contribution in [0.5, 0.6) is 0 Å². The molecule has 0 amide bonds. The van der Waals surface area contributed by atoms with Gasteiger partial charge in [-0.15, -0.1) is 10.2 Å². The summed E-state index contributed by atoms with van der Waals surface area (Å²) in [4.78, 5) is 0. The van der Waals surface area contributed by atoms with Gasteiger partial charge in [0, 0.05) is 5.41 Å². The normalized spacial score (nSPS) is 11.9. The number of hydrogen-bond acceptors (Lipinski definition) is 4. The first kappa shape index (κ1) is 7.84. The summed E-state index contributed by atoms with van der Waals surface area (Å²) in [7, 11) is 0. The topological polar surface area (TPSA) is 82.8 Å². The summed E-state index contributed by atoms with van der Waals surface area (Å²) in [5.41, 5.74) is 5.29. The Balaban J connectivity index is 3.15. The Morgan fingerprint density at radius 3 is 2.00 bits per heavy atom. The molecule has 0 bridgehead atoms. The van der Waals surface area contributed by atoms with Gasteiger partial charge in [-0.2, -0.15) is 0 Å². The predicted molar refractivity (Wildman–Crippen MR) is 43.3 cm³/mol. The minimum Gasteiger partial charge on any atom is -0.366 e. The molecule has 0 aliphatic carbocycles. The zero-order chi connectivity index (χ0) is 8.65. The Labute approximate surface area is 65.4 Å². The highest BCUT2D eigenvalue weighted by atomic mass is 15.4. The van der Waals surface area contributed by atoms with E-state index in [2.05, 4.69) is 10.2 Å². The standard InChI is InChI=1S/C6H13N5/c1-6(2,3)4-9-10-5(7)11(4)8/h8H2,1-3H3,(H2,7,10). The lowest BCUT2D eigenvalue weighted by Crippen LogP contribution is -2.24. The number of rotatable bonds is 0. The van der Waals surface area contributed by atoms with Crippen molar-refractivity contribution in [3.63, 3.8) is 0 Å². The van der Waals surface area contributed by atoms with Crippen molar-refractivity contribution in [3.05, 3.63) is 5.82 Å². The van der Waals surface area contributed by atoms with Crippen LogP contribution in [0.25, 0.3) is 0 Å². The summed E-state index contributed by atoms with van der Waals surface area (Å²) < 4.78 is 1.31. The van der Waals surface area contributed by atoms with Gasteiger partial charge in [0.1, 0.15) is 0 Å². The molecule has 5 heteroatoms. The third kappa shape index (κ3) is 1.26. The van der Waals surface area contributed by atoms with Crippen LogP contribution in [-0.2, 0) is 5.41 Å². The number of nitrogen functional groups attached to an aromatic ring is 2. The third-order valence-corrected chi connectivity index (χ3v) is 1.39. The van der Waals surface area contributed by atoms with E-state index < -0.39 is 0 Å². The zero-order valence-electron chi connectivity index (χ0n) is 7.00. The maximum atomic E-state index is 5.56. The number of aromatic nitrogens is 3. The largest absolute Gasteiger partial charge is 0.366 e. The van der Waals surface area contributed by atoms with Crippen molar-refractivity contribution in [2.45, 2.75) is 26.2 Å². The molecule has 0 aromatic carbocycles. The first-order chi connectivity index (χ1) is 4.93. The molecule has 0 atom stereocenters. The van der Waals surface area contributed by atoms with Gasteiger partial charge in [-0.1, -0.05) is 20.8 Å². The van der Waals surface area contributed by atoms with Crippen LogP contribution in [0, 0.1) is 0 Å². The van der Waals surface area contributed by atoms with Crippen molar-refractivity contribution in [2.24, 2.45) is 0 Å². The Bertz CT molecular complexity index is 256. The molecule has 0 aliphatic rings. The highest BCUT2D eigenvalue weighted by Crippen LogP contribution is 2.19. The van der Waals surface area contributed by atoms with Gasteiger partial charge in [0.05, 0.1) is 0 Å². The number of nitrogens with zero attached hydrogens (tertiary/aromatic N) is 3. The molecule has 11 heavy (non-hydrogen) atoms. The highest BCUT2D eigenvalue weighted by Gasteiger charge is 2.21. The molecule has 0 spiro atoms. The van der Waals surface area contributed by atoms with Gasteiger partial charge in [-0.25, -0.2) is 4.68 Å². The van der Waals surface area contributed by atoms with Crippen LogP contribution in [0.3, 0.4) is 0 Å². The summed E-state index contributed by atoms with van der Waals surface area (Å²) >= 11 is 0. The molecule has 1 aromatic heterocycles. The Morgan fingerprint density at radius 2 is 1.82 bits per heavy atom. The molecule has 0 saturated heterocycles. The molecule has 0 aliphatic heterocycles. The molecular weight excluding hydrogens is 142 g/mol. The minimum absolute atomic E-state index is 0.112. The summed E-state index contributed by atoms with van der Waals surface area (Å²) in [6.07, 6.45) is 0. The van der Waals surface area contributed by atoms with Crippen LogP contribution < -0.4 is 11.6 Å². The van der Waals surface area contributed by atoms with E-state index in [0.717, 1.165) is 0 Å². The first-order valence-electron chi connectivity index (χ1n) is 3.39. The molecule has 1 rings (SSSR count). The molecule has 0 fully saturated rings. The SMILES string of the molecule is CC(C)(C)c1nnc(N)n1N. The van der Waals surface area contributed by atoms with E-state index >= 15 is 0 Å². The minimum atomic E-state index is -0.112. The second-order valence-corrected chi connectivity index (χ2v) is 3.50. The highest BCUT2D eigenvalue weighted by molar-refractivity contribution is 5.20. The van der Waals surface area contributed by atoms with Gasteiger partial charge >= 0.3 is 0 Å². The summed E-state index contributed by atoms with van der Waals surface area (Å²) in [6.45, 7) is 6.00. The molecule has 1 aromatic rings. The van der Waals surface area contributed by atoms with Crippen molar-refractivity contribution in [2.75, 3.05) is 11.6 Å². The lowest BCUT2D eigenvalue weighted by molar-refractivity contribution is 0.528. The predicted octanol–water partition coefficient (Wildman–Crippen LogP) is -0.128. The van der Waals surface area contributed by atoms with Crippen molar-refractivity contribution >= 4 is 5.95 Å². The second-order valence-electron chi connectivity index (χ2n) is 3.50. The maximum absolute atomic E-state index is 5.56. The van der Waals surface area contributed by atoms with Crippen LogP contribution in [-0.4, -0.2) is 14.9 Å². The van der Waals surface area contributed by atoms with E-state index in [-0.39, 0.29) is 11.4 Å². The smallest absolute Gasteiger partial charge is 0.240 e. The van der Waals surface area contributed by atoms with Gasteiger partial charge in [0.15, 0.2) is 5.82 Å². The summed E-state index contributed by atoms with van der Waals surface area (Å²) in [6, 6.07) is 0. The van der Waals surface area contributed by atoms with Gasteiger partial charge in [-0.3, -0.25) is 0 Å². The fourth-order valence-corrected chi connectivity index (χ4v) is 0.815. The molecule has 5 nitrogen and oxygen atoms in total. The van der Waals surface area contributed by atoms with E-state index in [0.29, 0.717) is 5.82 Å². The van der Waals surface area contributed by atoms with Crippen LogP contribution in [0.15, 0.2) is 0 Å². The van der Waals surface area contributed by atoms with E-state index in [1.165, 1.54) is 4.68 Å². The number of hydrogen-bond donors (Lipinski definition) is 2. The van der Waals surface area contributed by atoms with Crippen LogP contribution >= 0.6 is 0 Å². The second kappa shape index (κ2) is 2.11. The van der Waals surface area contributed by atoms with Crippen molar-refractivity contribution in [1.82, 2.24) is 14.9 Å². The summed E-state index contributed by atoms with van der Waals surface area (Å²) in [5, 5.41) is 7.50. The lowest BCUT2D eigenvalue weighted by Gasteiger charge is -2.15. The molecule has 0 unspecified atom stereocenters. The molecule has 62 valence electrons. The van der Waals surface area contributed by atoms with E-state index in [1.807, 2.05) is 20.8 Å².